The molecule has 0 atom stereocenters. The van der Waals surface area contributed by atoms with Gasteiger partial charge in [0.25, 0.3) is 0 Å². The second-order valence-electron chi connectivity index (χ2n) is 18.1. The molecule has 0 aliphatic rings. The highest BCUT2D eigenvalue weighted by atomic mass is 32.1. The molecular formula is C63H34N4O2S. The molecule has 0 spiro atoms. The van der Waals surface area contributed by atoms with Gasteiger partial charge in [0.05, 0.1) is 50.3 Å². The second-order valence-corrected chi connectivity index (χ2v) is 19.1. The summed E-state index contributed by atoms with van der Waals surface area (Å²) in [5.41, 5.74) is 12.7. The Labute approximate surface area is 403 Å². The number of aryl methyl sites for hydroxylation is 1. The van der Waals surface area contributed by atoms with Crippen molar-refractivity contribution in [3.8, 4) is 39.7 Å². The van der Waals surface area contributed by atoms with Gasteiger partial charge >= 0.3 is 0 Å². The van der Waals surface area contributed by atoms with Crippen LogP contribution in [0.4, 0.5) is 5.69 Å². The van der Waals surface area contributed by atoms with Crippen molar-refractivity contribution < 1.29 is 8.83 Å². The fraction of sp³-hybridized carbons (Fsp3) is 0.0159. The average molecular weight is 911 g/mol. The number of hydrogen-bond acceptors (Lipinski definition) is 4. The van der Waals surface area contributed by atoms with Gasteiger partial charge in [0.1, 0.15) is 17.2 Å². The predicted molar refractivity (Wildman–Crippen MR) is 289 cm³/mol. The predicted octanol–water partition coefficient (Wildman–Crippen LogP) is 18.1. The average Bonchev–Trinajstić information content (AvgIpc) is 4.23. The topological polar surface area (TPSA) is 64.3 Å². The molecule has 70 heavy (non-hydrogen) atoms. The van der Waals surface area contributed by atoms with Gasteiger partial charge in [0.2, 0.25) is 5.69 Å². The Hall–Kier alpha value is -9.40. The molecular weight excluding hydrogens is 877 g/mol. The van der Waals surface area contributed by atoms with Crippen molar-refractivity contribution >= 4 is 125 Å². The van der Waals surface area contributed by atoms with Crippen LogP contribution in [0.2, 0.25) is 0 Å². The van der Waals surface area contributed by atoms with Crippen LogP contribution in [-0.4, -0.2) is 9.13 Å². The summed E-state index contributed by atoms with van der Waals surface area (Å²) in [5, 5.41) is 22.5. The quantitative estimate of drug-likeness (QED) is 0.165. The summed E-state index contributed by atoms with van der Waals surface area (Å²) in [6.45, 7) is 11.6. The van der Waals surface area contributed by atoms with Crippen LogP contribution < -0.4 is 0 Å². The molecule has 6 nitrogen and oxygen atoms in total. The summed E-state index contributed by atoms with van der Waals surface area (Å²) in [4.78, 5) is 4.62. The molecule has 5 aromatic heterocycles. The van der Waals surface area contributed by atoms with E-state index in [1.54, 1.807) is 11.3 Å². The molecule has 0 N–H and O–H groups in total. The van der Waals surface area contributed by atoms with E-state index in [2.05, 4.69) is 130 Å². The highest BCUT2D eigenvalue weighted by molar-refractivity contribution is 7.26. The molecule has 0 unspecified atom stereocenters. The van der Waals surface area contributed by atoms with Crippen LogP contribution in [-0.2, 0) is 0 Å². The number of thiophene rings is 1. The Morgan fingerprint density at radius 1 is 0.486 bits per heavy atom. The van der Waals surface area contributed by atoms with E-state index in [0.717, 1.165) is 120 Å². The number of hydrogen-bond donors (Lipinski definition) is 0. The third-order valence-corrected chi connectivity index (χ3v) is 15.7. The van der Waals surface area contributed by atoms with Crippen LogP contribution in [0.25, 0.3) is 146 Å². The van der Waals surface area contributed by atoms with E-state index >= 15 is 0 Å². The number of rotatable bonds is 4. The van der Waals surface area contributed by atoms with E-state index in [1.165, 1.54) is 10.1 Å². The van der Waals surface area contributed by atoms with Crippen LogP contribution in [0.15, 0.2) is 197 Å². The van der Waals surface area contributed by atoms with Crippen molar-refractivity contribution in [3.05, 3.63) is 211 Å². The number of nitriles is 1. The molecule has 0 aliphatic carbocycles. The molecule has 0 saturated carbocycles. The zero-order chi connectivity index (χ0) is 46.4. The maximum atomic E-state index is 12.1. The van der Waals surface area contributed by atoms with Gasteiger partial charge in [0.15, 0.2) is 11.2 Å². The maximum Gasteiger partial charge on any atom is 0.220 e. The minimum absolute atomic E-state index is 0.362. The van der Waals surface area contributed by atoms with Gasteiger partial charge in [-0.05, 0) is 60.0 Å². The first kappa shape index (κ1) is 38.7. The summed E-state index contributed by atoms with van der Waals surface area (Å²) in [6, 6.07) is 67.6. The van der Waals surface area contributed by atoms with Crippen molar-refractivity contribution in [2.45, 2.75) is 6.92 Å². The zero-order valence-corrected chi connectivity index (χ0v) is 38.2. The van der Waals surface area contributed by atoms with Crippen LogP contribution >= 0.6 is 11.3 Å². The lowest BCUT2D eigenvalue weighted by atomic mass is 9.88. The Morgan fingerprint density at radius 3 is 1.69 bits per heavy atom. The lowest BCUT2D eigenvalue weighted by Gasteiger charge is -2.26. The number of furan rings is 2. The largest absolute Gasteiger partial charge is 0.454 e. The standard InChI is InChI=1S/C63H34N4O2S/c1-35-16-15-24-48-52(35)46-33-31-44-39-22-10-13-26-50(39)69-62(44)58(46)66(48)56-47(34-64)53(36-17-5-3-6-18-36)55(65-2)60(54(56)37-19-7-4-8-20-37)67-57-41(28-30-43-38-21-9-12-25-49(38)68-61(43)57)42-29-32-45-40-23-11-14-27-51(40)70-63(45)59(42)67/h3-33H,1H3. The fourth-order valence-electron chi connectivity index (χ4n) is 11.6. The molecule has 0 fully saturated rings. The molecule has 5 heterocycles. The number of nitrogens with zero attached hydrogens (tertiary/aromatic N) is 4. The first-order chi connectivity index (χ1) is 34.6. The monoisotopic (exact) mass is 910 g/mol. The minimum atomic E-state index is 0.362. The summed E-state index contributed by atoms with van der Waals surface area (Å²) < 4.78 is 20.9. The molecule has 7 heteroatoms. The van der Waals surface area contributed by atoms with Crippen LogP contribution in [0.1, 0.15) is 11.1 Å². The lowest BCUT2D eigenvalue weighted by molar-refractivity contribution is 0.671. The first-order valence-corrected chi connectivity index (χ1v) is 24.1. The van der Waals surface area contributed by atoms with Crippen molar-refractivity contribution in [2.75, 3.05) is 0 Å². The van der Waals surface area contributed by atoms with Gasteiger partial charge in [-0.2, -0.15) is 5.26 Å². The van der Waals surface area contributed by atoms with Gasteiger partial charge in [-0.3, -0.25) is 0 Å². The van der Waals surface area contributed by atoms with Crippen molar-refractivity contribution in [3.63, 3.8) is 0 Å². The van der Waals surface area contributed by atoms with Gasteiger partial charge in [-0.25, -0.2) is 4.85 Å². The Morgan fingerprint density at radius 2 is 1.03 bits per heavy atom. The molecule has 0 aliphatic heterocycles. The van der Waals surface area contributed by atoms with E-state index in [-0.39, 0.29) is 0 Å². The second kappa shape index (κ2) is 14.3. The van der Waals surface area contributed by atoms with Gasteiger partial charge < -0.3 is 18.0 Å². The van der Waals surface area contributed by atoms with Crippen molar-refractivity contribution in [1.82, 2.24) is 9.13 Å². The number of benzene rings is 10. The third-order valence-electron chi connectivity index (χ3n) is 14.5. The highest BCUT2D eigenvalue weighted by Crippen LogP contribution is 2.55. The molecule has 0 saturated heterocycles. The molecule has 15 aromatic rings. The molecule has 0 amide bonds. The van der Waals surface area contributed by atoms with Crippen LogP contribution in [0, 0.1) is 24.8 Å². The summed E-state index contributed by atoms with van der Waals surface area (Å²) in [5.74, 6) is 0. The number of fused-ring (bicyclic) bond motifs is 18. The minimum Gasteiger partial charge on any atom is -0.454 e. The third kappa shape index (κ3) is 5.03. The normalized spacial score (nSPS) is 12.0. The van der Waals surface area contributed by atoms with E-state index < -0.39 is 0 Å². The molecule has 324 valence electrons. The first-order valence-electron chi connectivity index (χ1n) is 23.3. The zero-order valence-electron chi connectivity index (χ0n) is 37.4. The van der Waals surface area contributed by atoms with E-state index in [9.17, 15) is 11.8 Å². The van der Waals surface area contributed by atoms with E-state index in [4.69, 9.17) is 8.83 Å². The summed E-state index contributed by atoms with van der Waals surface area (Å²) in [7, 11) is 0. The SMILES string of the molecule is [C-]#[N+]c1c(-c2ccccc2)c(C#N)c(-n2c3cccc(C)c3c3ccc4c5ccccc5oc4c32)c(-c2ccccc2)c1-n1c2c(ccc3c4ccccc4oc32)c2ccc3c4ccccc4sc3c21. The van der Waals surface area contributed by atoms with Crippen LogP contribution in [0.5, 0.6) is 0 Å². The van der Waals surface area contributed by atoms with Crippen molar-refractivity contribution in [1.29, 1.82) is 5.26 Å². The molecule has 0 radical (unpaired) electrons. The maximum absolute atomic E-state index is 12.1. The lowest BCUT2D eigenvalue weighted by Crippen LogP contribution is -2.09. The van der Waals surface area contributed by atoms with Crippen molar-refractivity contribution in [2.24, 2.45) is 0 Å². The Kier molecular flexibility index (Phi) is 7.91. The molecule has 0 bridgehead atoms. The molecule has 10 aromatic carbocycles. The summed E-state index contributed by atoms with van der Waals surface area (Å²) >= 11 is 1.76. The van der Waals surface area contributed by atoms with Gasteiger partial charge in [0, 0.05) is 69.7 Å². The van der Waals surface area contributed by atoms with Crippen LogP contribution in [0.3, 0.4) is 0 Å². The Bertz CT molecular complexity index is 4730. The number of para-hydroxylation sites is 2. The van der Waals surface area contributed by atoms with E-state index in [0.29, 0.717) is 28.2 Å². The number of aromatic nitrogens is 2. The molecule has 15 rings (SSSR count). The fourth-order valence-corrected chi connectivity index (χ4v) is 12.9. The van der Waals surface area contributed by atoms with Gasteiger partial charge in [-0.15, -0.1) is 11.3 Å². The smallest absolute Gasteiger partial charge is 0.220 e. The highest BCUT2D eigenvalue weighted by Gasteiger charge is 2.34. The van der Waals surface area contributed by atoms with Gasteiger partial charge in [-0.1, -0.05) is 152 Å². The Balaban J connectivity index is 1.27. The van der Waals surface area contributed by atoms with E-state index in [1.807, 2.05) is 84.9 Å². The summed E-state index contributed by atoms with van der Waals surface area (Å²) in [6.07, 6.45) is 0.